The van der Waals surface area contributed by atoms with Gasteiger partial charge in [0.25, 0.3) is 0 Å². The molecule has 0 bridgehead atoms. The molecular weight excluding hydrogens is 365 g/mol. The fourth-order valence-corrected chi connectivity index (χ4v) is 2.85. The monoisotopic (exact) mass is 387 g/mol. The average molecular weight is 388 g/mol. The van der Waals surface area contributed by atoms with Crippen LogP contribution in [0.15, 0.2) is 22.7 Å². The minimum Gasteiger partial charge on any atom is -0.444 e. The summed E-state index contributed by atoms with van der Waals surface area (Å²) in [5, 5.41) is 0. The van der Waals surface area contributed by atoms with Gasteiger partial charge in [0.2, 0.25) is 0 Å². The van der Waals surface area contributed by atoms with Crippen molar-refractivity contribution >= 4 is 22.0 Å². The lowest BCUT2D eigenvalue weighted by Crippen LogP contribution is -2.39. The summed E-state index contributed by atoms with van der Waals surface area (Å²) in [5.74, 6) is -0.293. The molecule has 6 heteroatoms. The van der Waals surface area contributed by atoms with E-state index in [2.05, 4.69) is 15.9 Å². The van der Waals surface area contributed by atoms with E-state index in [1.54, 1.807) is 17.0 Å². The van der Waals surface area contributed by atoms with Gasteiger partial charge >= 0.3 is 6.09 Å². The zero-order valence-electron chi connectivity index (χ0n) is 14.0. The van der Waals surface area contributed by atoms with Crippen LogP contribution in [-0.4, -0.2) is 35.3 Å². The van der Waals surface area contributed by atoms with E-state index >= 15 is 0 Å². The predicted molar refractivity (Wildman–Crippen MR) is 89.7 cm³/mol. The fraction of sp³-hybridized carbons (Fsp3) is 0.588. The van der Waals surface area contributed by atoms with Crippen LogP contribution in [0, 0.1) is 5.82 Å². The Kier molecular flexibility index (Phi) is 5.36. The minimum absolute atomic E-state index is 0.171. The Balaban J connectivity index is 1.94. The number of carbonyl (C=O) groups excluding carboxylic acids is 1. The van der Waals surface area contributed by atoms with Crippen LogP contribution in [0.1, 0.15) is 39.7 Å². The van der Waals surface area contributed by atoms with Gasteiger partial charge in [-0.1, -0.05) is 15.9 Å². The minimum atomic E-state index is -0.517. The first-order chi connectivity index (χ1) is 10.6. The number of rotatable bonds is 3. The Hall–Kier alpha value is -1.14. The Morgan fingerprint density at radius 3 is 2.78 bits per heavy atom. The quantitative estimate of drug-likeness (QED) is 0.765. The first-order valence-electron chi connectivity index (χ1n) is 7.64. The molecule has 23 heavy (non-hydrogen) atoms. The van der Waals surface area contributed by atoms with Gasteiger partial charge in [0.1, 0.15) is 11.4 Å². The molecule has 0 radical (unpaired) electrons. The molecule has 0 saturated carbocycles. The number of amides is 1. The van der Waals surface area contributed by atoms with E-state index in [0.29, 0.717) is 25.1 Å². The standard InChI is InChI=1S/C17H23BrFNO3/c1-16(2,3)23-15(21)20-8-7-17(4,11-20)22-10-12-9-13(18)5-6-14(12)19/h5-6,9H,7-8,10-11H2,1-4H3. The zero-order valence-corrected chi connectivity index (χ0v) is 15.6. The number of likely N-dealkylation sites (tertiary alicyclic amines) is 1. The van der Waals surface area contributed by atoms with E-state index in [-0.39, 0.29) is 18.5 Å². The maximum Gasteiger partial charge on any atom is 0.410 e. The van der Waals surface area contributed by atoms with E-state index in [0.717, 1.165) is 4.47 Å². The van der Waals surface area contributed by atoms with Gasteiger partial charge in [0.15, 0.2) is 0 Å². The molecule has 0 aromatic heterocycles. The maximum absolute atomic E-state index is 13.8. The third kappa shape index (κ3) is 5.18. The van der Waals surface area contributed by atoms with Gasteiger partial charge < -0.3 is 14.4 Å². The van der Waals surface area contributed by atoms with Crippen LogP contribution in [0.5, 0.6) is 0 Å². The number of hydrogen-bond acceptors (Lipinski definition) is 3. The SMILES string of the molecule is CC(C)(C)OC(=O)N1CCC(C)(OCc2cc(Br)ccc2F)C1. The van der Waals surface area contributed by atoms with Crippen molar-refractivity contribution < 1.29 is 18.7 Å². The highest BCUT2D eigenvalue weighted by molar-refractivity contribution is 9.10. The summed E-state index contributed by atoms with van der Waals surface area (Å²) in [4.78, 5) is 13.7. The zero-order chi connectivity index (χ0) is 17.3. The summed E-state index contributed by atoms with van der Waals surface area (Å²) < 4.78 is 25.9. The van der Waals surface area contributed by atoms with E-state index < -0.39 is 11.2 Å². The van der Waals surface area contributed by atoms with E-state index in [1.807, 2.05) is 27.7 Å². The van der Waals surface area contributed by atoms with Crippen LogP contribution >= 0.6 is 15.9 Å². The normalized spacial score (nSPS) is 21.6. The van der Waals surface area contributed by atoms with Gasteiger partial charge in [0, 0.05) is 16.6 Å². The summed E-state index contributed by atoms with van der Waals surface area (Å²) in [6, 6.07) is 4.77. The molecule has 1 aliphatic rings. The Morgan fingerprint density at radius 1 is 1.43 bits per heavy atom. The molecule has 1 saturated heterocycles. The second-order valence-electron chi connectivity index (χ2n) is 7.13. The first-order valence-corrected chi connectivity index (χ1v) is 8.43. The lowest BCUT2D eigenvalue weighted by Gasteiger charge is -2.27. The van der Waals surface area contributed by atoms with Crippen LogP contribution in [0.2, 0.25) is 0 Å². The average Bonchev–Trinajstić information content (AvgIpc) is 2.81. The highest BCUT2D eigenvalue weighted by atomic mass is 79.9. The first kappa shape index (κ1) is 18.2. The van der Waals surface area contributed by atoms with Crippen molar-refractivity contribution in [2.24, 2.45) is 0 Å². The lowest BCUT2D eigenvalue weighted by atomic mass is 10.1. The van der Waals surface area contributed by atoms with Crippen LogP contribution in [-0.2, 0) is 16.1 Å². The van der Waals surface area contributed by atoms with Gasteiger partial charge in [-0.3, -0.25) is 0 Å². The van der Waals surface area contributed by atoms with Crippen molar-refractivity contribution in [3.8, 4) is 0 Å². The molecule has 1 atom stereocenters. The second kappa shape index (κ2) is 6.77. The summed E-state index contributed by atoms with van der Waals surface area (Å²) in [5.41, 5.74) is -0.515. The third-order valence-electron chi connectivity index (χ3n) is 3.67. The predicted octanol–water partition coefficient (Wildman–Crippen LogP) is 4.50. The van der Waals surface area contributed by atoms with Crippen molar-refractivity contribution in [2.45, 2.75) is 51.9 Å². The molecule has 0 aliphatic carbocycles. The molecule has 1 fully saturated rings. The van der Waals surface area contributed by atoms with Crippen molar-refractivity contribution in [2.75, 3.05) is 13.1 Å². The molecule has 0 N–H and O–H groups in total. The maximum atomic E-state index is 13.8. The highest BCUT2D eigenvalue weighted by Gasteiger charge is 2.38. The van der Waals surface area contributed by atoms with Gasteiger partial charge in [0.05, 0.1) is 18.8 Å². The van der Waals surface area contributed by atoms with Crippen LogP contribution in [0.4, 0.5) is 9.18 Å². The summed E-state index contributed by atoms with van der Waals surface area (Å²) in [6.07, 6.45) is 0.362. The highest BCUT2D eigenvalue weighted by Crippen LogP contribution is 2.28. The molecule has 2 rings (SSSR count). The largest absolute Gasteiger partial charge is 0.444 e. The second-order valence-corrected chi connectivity index (χ2v) is 8.04. The molecule has 1 amide bonds. The van der Waals surface area contributed by atoms with Gasteiger partial charge in [-0.05, 0) is 52.3 Å². The van der Waals surface area contributed by atoms with Gasteiger partial charge in [-0.25, -0.2) is 9.18 Å². The summed E-state index contributed by atoms with van der Waals surface area (Å²) in [7, 11) is 0. The number of carbonyl (C=O) groups is 1. The van der Waals surface area contributed by atoms with Crippen LogP contribution in [0.25, 0.3) is 0 Å². The number of benzene rings is 1. The Morgan fingerprint density at radius 2 is 2.13 bits per heavy atom. The number of halogens is 2. The lowest BCUT2D eigenvalue weighted by molar-refractivity contribution is -0.0383. The molecule has 128 valence electrons. The molecular formula is C17H23BrFNO3. The molecule has 1 aromatic carbocycles. The molecule has 1 unspecified atom stereocenters. The van der Waals surface area contributed by atoms with E-state index in [9.17, 15) is 9.18 Å². The van der Waals surface area contributed by atoms with E-state index in [4.69, 9.17) is 9.47 Å². The molecule has 0 spiro atoms. The van der Waals surface area contributed by atoms with Crippen molar-refractivity contribution in [3.63, 3.8) is 0 Å². The Labute approximate surface area is 145 Å². The van der Waals surface area contributed by atoms with Crippen LogP contribution in [0.3, 0.4) is 0 Å². The van der Waals surface area contributed by atoms with Crippen molar-refractivity contribution in [3.05, 3.63) is 34.1 Å². The van der Waals surface area contributed by atoms with Crippen molar-refractivity contribution in [1.29, 1.82) is 0 Å². The molecule has 4 nitrogen and oxygen atoms in total. The third-order valence-corrected chi connectivity index (χ3v) is 4.16. The number of ether oxygens (including phenoxy) is 2. The summed E-state index contributed by atoms with van der Waals surface area (Å²) in [6.45, 7) is 8.65. The topological polar surface area (TPSA) is 38.8 Å². The smallest absolute Gasteiger partial charge is 0.410 e. The van der Waals surface area contributed by atoms with E-state index in [1.165, 1.54) is 6.07 Å². The summed E-state index contributed by atoms with van der Waals surface area (Å²) >= 11 is 3.33. The number of nitrogens with zero attached hydrogens (tertiary/aromatic N) is 1. The fourth-order valence-electron chi connectivity index (χ4n) is 2.44. The van der Waals surface area contributed by atoms with Crippen LogP contribution < -0.4 is 0 Å². The molecule has 1 aliphatic heterocycles. The Bertz CT molecular complexity index is 588. The number of hydrogen-bond donors (Lipinski definition) is 0. The molecule has 1 aromatic rings. The van der Waals surface area contributed by atoms with Crippen molar-refractivity contribution in [1.82, 2.24) is 4.90 Å². The van der Waals surface area contributed by atoms with Gasteiger partial charge in [-0.15, -0.1) is 0 Å². The molecule has 1 heterocycles. The van der Waals surface area contributed by atoms with Gasteiger partial charge in [-0.2, -0.15) is 0 Å².